The van der Waals surface area contributed by atoms with Crippen LogP contribution in [0.4, 0.5) is 17.1 Å². The van der Waals surface area contributed by atoms with E-state index in [0.29, 0.717) is 6.42 Å². The normalized spacial score (nSPS) is 23.3. The lowest BCUT2D eigenvalue weighted by Gasteiger charge is -2.53. The first-order valence-electron chi connectivity index (χ1n) is 12.2. The van der Waals surface area contributed by atoms with Crippen molar-refractivity contribution in [2.45, 2.75) is 26.3 Å². The van der Waals surface area contributed by atoms with Gasteiger partial charge in [0.15, 0.2) is 0 Å². The molecular weight excluding hydrogens is 436 g/mol. The number of aryl methyl sites for hydroxylation is 1. The highest BCUT2D eigenvalue weighted by Crippen LogP contribution is 2.48. The van der Waals surface area contributed by atoms with Gasteiger partial charge in [0.1, 0.15) is 11.2 Å². The predicted molar refractivity (Wildman–Crippen MR) is 141 cm³/mol. The van der Waals surface area contributed by atoms with Crippen molar-refractivity contribution in [2.24, 2.45) is 10.5 Å². The molecular formula is C29H30N4O2. The fraction of sp³-hybridized carbons (Fsp3) is 0.310. The smallest absolute Gasteiger partial charge is 0.261 e. The van der Waals surface area contributed by atoms with E-state index in [4.69, 9.17) is 9.84 Å². The number of fused-ring (bicyclic) bond motifs is 4. The molecule has 0 bridgehead atoms. The minimum Gasteiger partial charge on any atom is -0.497 e. The van der Waals surface area contributed by atoms with Crippen molar-refractivity contribution >= 4 is 28.7 Å². The minimum atomic E-state index is -0.704. The zero-order valence-corrected chi connectivity index (χ0v) is 20.4. The largest absolute Gasteiger partial charge is 0.497 e. The van der Waals surface area contributed by atoms with E-state index in [2.05, 4.69) is 53.1 Å². The molecule has 1 amide bonds. The number of hydrogen-bond donors (Lipinski definition) is 0. The van der Waals surface area contributed by atoms with Crippen molar-refractivity contribution in [3.63, 3.8) is 0 Å². The maximum atomic E-state index is 14.3. The number of benzene rings is 3. The second kappa shape index (κ2) is 8.15. The highest BCUT2D eigenvalue weighted by Gasteiger charge is 2.59. The molecule has 1 spiro atoms. The minimum absolute atomic E-state index is 0.0139. The molecule has 178 valence electrons. The third-order valence-corrected chi connectivity index (χ3v) is 7.91. The maximum Gasteiger partial charge on any atom is 0.261 e. The summed E-state index contributed by atoms with van der Waals surface area (Å²) in [6, 6.07) is 24.8. The van der Waals surface area contributed by atoms with Gasteiger partial charge < -0.3 is 14.5 Å². The summed E-state index contributed by atoms with van der Waals surface area (Å²) >= 11 is 0. The van der Waals surface area contributed by atoms with Crippen molar-refractivity contribution in [2.75, 3.05) is 41.6 Å². The summed E-state index contributed by atoms with van der Waals surface area (Å²) in [4.78, 5) is 19.2. The zero-order valence-electron chi connectivity index (χ0n) is 20.4. The van der Waals surface area contributed by atoms with Crippen LogP contribution in [-0.2, 0) is 11.2 Å². The van der Waals surface area contributed by atoms with Gasteiger partial charge >= 0.3 is 0 Å². The second-order valence-corrected chi connectivity index (χ2v) is 9.77. The third-order valence-electron chi connectivity index (χ3n) is 7.91. The van der Waals surface area contributed by atoms with Gasteiger partial charge in [-0.05, 0) is 68.3 Å². The van der Waals surface area contributed by atoms with E-state index in [1.807, 2.05) is 43.3 Å². The molecule has 6 heteroatoms. The Kier molecular flexibility index (Phi) is 5.06. The Morgan fingerprint density at radius 3 is 2.37 bits per heavy atom. The van der Waals surface area contributed by atoms with Crippen LogP contribution < -0.4 is 19.5 Å². The number of hydrogen-bond acceptors (Lipinski definition) is 5. The van der Waals surface area contributed by atoms with Crippen molar-refractivity contribution in [1.82, 2.24) is 0 Å². The Morgan fingerprint density at radius 1 is 0.914 bits per heavy atom. The maximum absolute atomic E-state index is 14.3. The molecule has 3 aliphatic rings. The molecule has 0 radical (unpaired) electrons. The van der Waals surface area contributed by atoms with Crippen LogP contribution in [0, 0.1) is 12.3 Å². The Labute approximate surface area is 206 Å². The summed E-state index contributed by atoms with van der Waals surface area (Å²) in [5.41, 5.74) is 5.78. The first-order chi connectivity index (χ1) is 17.0. The molecule has 35 heavy (non-hydrogen) atoms. The Balaban J connectivity index is 1.42. The number of para-hydroxylation sites is 1. The number of amides is 1. The van der Waals surface area contributed by atoms with Crippen LogP contribution in [0.5, 0.6) is 5.75 Å². The van der Waals surface area contributed by atoms with E-state index in [-0.39, 0.29) is 11.9 Å². The van der Waals surface area contributed by atoms with Crippen molar-refractivity contribution in [1.29, 1.82) is 0 Å². The Bertz CT molecular complexity index is 1300. The summed E-state index contributed by atoms with van der Waals surface area (Å²) in [5.74, 6) is 0.915. The number of ether oxygens (including phenoxy) is 1. The lowest BCUT2D eigenvalue weighted by atomic mass is 9.67. The van der Waals surface area contributed by atoms with Crippen molar-refractivity contribution < 1.29 is 9.53 Å². The number of rotatable bonds is 3. The van der Waals surface area contributed by atoms with Crippen LogP contribution in [0.25, 0.3) is 0 Å². The van der Waals surface area contributed by atoms with E-state index in [1.54, 1.807) is 12.1 Å². The van der Waals surface area contributed by atoms with Crippen LogP contribution in [0.2, 0.25) is 0 Å². The second-order valence-electron chi connectivity index (χ2n) is 9.77. The van der Waals surface area contributed by atoms with E-state index >= 15 is 0 Å². The van der Waals surface area contributed by atoms with E-state index in [1.165, 1.54) is 11.3 Å². The average Bonchev–Trinajstić information content (AvgIpc) is 3.14. The fourth-order valence-electron chi connectivity index (χ4n) is 5.96. The number of carbonyl (C=O) groups is 1. The zero-order chi connectivity index (χ0) is 24.2. The number of methoxy groups -OCH3 is 1. The van der Waals surface area contributed by atoms with Gasteiger partial charge in [-0.3, -0.25) is 4.79 Å². The predicted octanol–water partition coefficient (Wildman–Crippen LogP) is 4.66. The molecule has 2 atom stereocenters. The van der Waals surface area contributed by atoms with Gasteiger partial charge in [-0.1, -0.05) is 35.9 Å². The fourth-order valence-corrected chi connectivity index (χ4v) is 5.96. The molecule has 6 rings (SSSR count). The summed E-state index contributed by atoms with van der Waals surface area (Å²) in [7, 11) is 1.69. The molecule has 3 aromatic carbocycles. The topological polar surface area (TPSA) is 48.4 Å². The van der Waals surface area contributed by atoms with Gasteiger partial charge in [-0.2, -0.15) is 10.1 Å². The first-order valence-corrected chi connectivity index (χ1v) is 12.2. The number of piperazine rings is 1. The van der Waals surface area contributed by atoms with Crippen LogP contribution in [0.3, 0.4) is 0 Å². The standard InChI is InChI=1S/C29H30N4O2/c1-20-8-10-24(11-9-20)33-28(34)29(21(2)30-33)18-22-6-4-5-7-26(22)32-17-16-31(19-27(29)32)23-12-14-25(35-3)15-13-23/h4-15,27H,16-19H2,1-3H3/t27-,29+/m1/s1. The number of carbonyl (C=O) groups excluding carboxylic acids is 1. The molecule has 0 saturated carbocycles. The Morgan fingerprint density at radius 2 is 1.63 bits per heavy atom. The molecule has 3 aromatic rings. The molecule has 0 N–H and O–H groups in total. The molecule has 0 aromatic heterocycles. The highest BCUT2D eigenvalue weighted by atomic mass is 16.5. The van der Waals surface area contributed by atoms with E-state index < -0.39 is 5.41 Å². The van der Waals surface area contributed by atoms with Crippen LogP contribution in [0.15, 0.2) is 77.9 Å². The van der Waals surface area contributed by atoms with Gasteiger partial charge in [0.25, 0.3) is 5.91 Å². The van der Waals surface area contributed by atoms with Crippen LogP contribution in [-0.4, -0.2) is 44.4 Å². The lowest BCUT2D eigenvalue weighted by molar-refractivity contribution is -0.125. The van der Waals surface area contributed by atoms with Crippen molar-refractivity contribution in [3.8, 4) is 5.75 Å². The van der Waals surface area contributed by atoms with Crippen LogP contribution in [0.1, 0.15) is 18.1 Å². The quantitative estimate of drug-likeness (QED) is 0.563. The first kappa shape index (κ1) is 21.7. The monoisotopic (exact) mass is 466 g/mol. The molecule has 3 heterocycles. The van der Waals surface area contributed by atoms with Gasteiger partial charge in [-0.15, -0.1) is 0 Å². The van der Waals surface area contributed by atoms with Gasteiger partial charge in [0.05, 0.1) is 24.6 Å². The van der Waals surface area contributed by atoms with E-state index in [0.717, 1.165) is 48.0 Å². The lowest BCUT2D eigenvalue weighted by Crippen LogP contribution is -2.67. The summed E-state index contributed by atoms with van der Waals surface area (Å²) in [6.07, 6.45) is 0.664. The van der Waals surface area contributed by atoms with Crippen LogP contribution >= 0.6 is 0 Å². The van der Waals surface area contributed by atoms with Gasteiger partial charge in [0, 0.05) is 31.0 Å². The SMILES string of the molecule is COc1ccc(N2CCN3c4ccccc4C[C@@]4(C(=O)N(c5ccc(C)cc5)N=C4C)[C@H]3C2)cc1. The number of hydrazone groups is 1. The van der Waals surface area contributed by atoms with Gasteiger partial charge in [0.2, 0.25) is 0 Å². The summed E-state index contributed by atoms with van der Waals surface area (Å²) in [6.45, 7) is 6.57. The summed E-state index contributed by atoms with van der Waals surface area (Å²) < 4.78 is 5.35. The van der Waals surface area contributed by atoms with Crippen molar-refractivity contribution in [3.05, 3.63) is 83.9 Å². The molecule has 0 unspecified atom stereocenters. The highest BCUT2D eigenvalue weighted by molar-refractivity contribution is 6.20. The molecule has 3 aliphatic heterocycles. The van der Waals surface area contributed by atoms with E-state index in [9.17, 15) is 4.79 Å². The molecule has 0 aliphatic carbocycles. The average molecular weight is 467 g/mol. The molecule has 1 saturated heterocycles. The number of anilines is 3. The van der Waals surface area contributed by atoms with Gasteiger partial charge in [-0.25, -0.2) is 0 Å². The molecule has 1 fully saturated rings. The Hall–Kier alpha value is -3.80. The molecule has 6 nitrogen and oxygen atoms in total. The number of nitrogens with zero attached hydrogens (tertiary/aromatic N) is 4. The third kappa shape index (κ3) is 3.31. The summed E-state index contributed by atoms with van der Waals surface area (Å²) in [5, 5.41) is 6.50.